The van der Waals surface area contributed by atoms with Gasteiger partial charge in [0.2, 0.25) is 0 Å². The van der Waals surface area contributed by atoms with Gasteiger partial charge in [0.05, 0.1) is 13.0 Å². The molecular formula is C43H75N3O8. The van der Waals surface area contributed by atoms with E-state index in [-0.39, 0.29) is 108 Å². The quantitative estimate of drug-likeness (QED) is 0.0603. The predicted octanol–water partition coefficient (Wildman–Crippen LogP) is 6.75. The van der Waals surface area contributed by atoms with Crippen LogP contribution in [0.4, 0.5) is 0 Å². The Morgan fingerprint density at radius 2 is 1.35 bits per heavy atom. The van der Waals surface area contributed by atoms with Gasteiger partial charge in [0.25, 0.3) is 0 Å². The molecule has 0 saturated heterocycles. The second kappa shape index (κ2) is 21.3. The molecule has 4 aliphatic rings. The van der Waals surface area contributed by atoms with Gasteiger partial charge >= 0.3 is 23.9 Å². The Balaban J connectivity index is 1.56. The minimum atomic E-state index is -0.362. The van der Waals surface area contributed by atoms with Crippen molar-refractivity contribution in [3.8, 4) is 0 Å². The third-order valence-electron chi connectivity index (χ3n) is 14.4. The summed E-state index contributed by atoms with van der Waals surface area (Å²) in [6.07, 6.45) is 14.8. The monoisotopic (exact) mass is 762 g/mol. The average molecular weight is 762 g/mol. The Morgan fingerprint density at radius 1 is 0.685 bits per heavy atom. The number of carbonyl (C=O) groups excluding carboxylic acids is 4. The maximum absolute atomic E-state index is 13.4. The first-order valence-electron chi connectivity index (χ1n) is 21.8. The van der Waals surface area contributed by atoms with Gasteiger partial charge in [-0.25, -0.2) is 0 Å². The van der Waals surface area contributed by atoms with Crippen LogP contribution < -0.4 is 17.2 Å². The minimum absolute atomic E-state index is 0.0973. The first-order valence-corrected chi connectivity index (χ1v) is 21.8. The molecule has 0 heterocycles. The minimum Gasteiger partial charge on any atom is -0.466 e. The summed E-state index contributed by atoms with van der Waals surface area (Å²) in [6.45, 7) is 10.7. The summed E-state index contributed by atoms with van der Waals surface area (Å²) in [6, 6.07) is 0. The van der Waals surface area contributed by atoms with Crippen LogP contribution in [-0.4, -0.2) is 68.4 Å². The van der Waals surface area contributed by atoms with Gasteiger partial charge in [0.15, 0.2) is 0 Å². The van der Waals surface area contributed by atoms with Gasteiger partial charge in [-0.1, -0.05) is 59.8 Å². The molecule has 11 nitrogen and oxygen atoms in total. The summed E-state index contributed by atoms with van der Waals surface area (Å²) < 4.78 is 24.6. The van der Waals surface area contributed by atoms with Crippen molar-refractivity contribution in [3.05, 3.63) is 0 Å². The smallest absolute Gasteiger partial charge is 0.307 e. The van der Waals surface area contributed by atoms with Crippen molar-refractivity contribution in [1.82, 2.24) is 0 Å². The third-order valence-corrected chi connectivity index (χ3v) is 14.4. The van der Waals surface area contributed by atoms with Gasteiger partial charge in [-0.05, 0) is 119 Å². The number of hydrogen-bond acceptors (Lipinski definition) is 11. The summed E-state index contributed by atoms with van der Waals surface area (Å²) in [7, 11) is 0. The largest absolute Gasteiger partial charge is 0.466 e. The lowest BCUT2D eigenvalue weighted by atomic mass is 9.43. The molecule has 4 rings (SSSR count). The zero-order chi connectivity index (χ0) is 39.3. The number of hydrogen-bond donors (Lipinski definition) is 3. The summed E-state index contributed by atoms with van der Waals surface area (Å²) in [5, 5.41) is 0. The Kier molecular flexibility index (Phi) is 17.6. The molecule has 4 fully saturated rings. The van der Waals surface area contributed by atoms with Crippen LogP contribution in [0.1, 0.15) is 156 Å². The Labute approximate surface area is 325 Å². The first-order chi connectivity index (χ1) is 25.9. The van der Waals surface area contributed by atoms with Gasteiger partial charge in [-0.2, -0.15) is 0 Å². The highest BCUT2D eigenvalue weighted by molar-refractivity contribution is 5.71. The number of fused-ring (bicyclic) bond motifs is 5. The predicted molar refractivity (Wildman–Crippen MR) is 209 cm³/mol. The maximum atomic E-state index is 13.4. The molecule has 4 saturated carbocycles. The fourth-order valence-corrected chi connectivity index (χ4v) is 11.5. The van der Waals surface area contributed by atoms with E-state index in [1.165, 1.54) is 25.7 Å². The summed E-state index contributed by atoms with van der Waals surface area (Å²) in [5.41, 5.74) is 16.8. The second-order valence-corrected chi connectivity index (χ2v) is 17.7. The van der Waals surface area contributed by atoms with Crippen molar-refractivity contribution in [2.24, 2.45) is 63.5 Å². The van der Waals surface area contributed by atoms with E-state index in [0.717, 1.165) is 44.9 Å². The Morgan fingerprint density at radius 3 is 2.04 bits per heavy atom. The van der Waals surface area contributed by atoms with Crippen LogP contribution in [0.3, 0.4) is 0 Å². The number of esters is 4. The maximum Gasteiger partial charge on any atom is 0.307 e. The molecule has 4 aliphatic carbocycles. The molecule has 6 N–H and O–H groups in total. The lowest BCUT2D eigenvalue weighted by Gasteiger charge is -2.64. The topological polar surface area (TPSA) is 183 Å². The molecule has 0 aromatic rings. The number of unbranched alkanes of at least 4 members (excludes halogenated alkanes) is 5. The van der Waals surface area contributed by atoms with E-state index in [0.29, 0.717) is 64.6 Å². The van der Waals surface area contributed by atoms with Gasteiger partial charge in [0.1, 0.15) is 18.3 Å². The van der Waals surface area contributed by atoms with Gasteiger partial charge in [-0.3, -0.25) is 19.2 Å². The van der Waals surface area contributed by atoms with Gasteiger partial charge in [-0.15, -0.1) is 0 Å². The van der Waals surface area contributed by atoms with Crippen molar-refractivity contribution in [2.45, 2.75) is 174 Å². The second-order valence-electron chi connectivity index (χ2n) is 17.7. The fourth-order valence-electron chi connectivity index (χ4n) is 11.5. The lowest BCUT2D eigenvalue weighted by Crippen LogP contribution is -2.63. The molecule has 0 spiro atoms. The van der Waals surface area contributed by atoms with Gasteiger partial charge in [0, 0.05) is 37.1 Å². The van der Waals surface area contributed by atoms with Crippen LogP contribution in [0.15, 0.2) is 0 Å². The van der Waals surface area contributed by atoms with Crippen LogP contribution in [0.5, 0.6) is 0 Å². The zero-order valence-electron chi connectivity index (χ0n) is 34.2. The molecule has 0 radical (unpaired) electrons. The summed E-state index contributed by atoms with van der Waals surface area (Å²) >= 11 is 0. The average Bonchev–Trinajstić information content (AvgIpc) is 3.50. The van der Waals surface area contributed by atoms with Crippen molar-refractivity contribution < 1.29 is 38.1 Å². The van der Waals surface area contributed by atoms with E-state index in [2.05, 4.69) is 27.7 Å². The highest BCUT2D eigenvalue weighted by atomic mass is 16.6. The fraction of sp³-hybridized carbons (Fsp3) is 0.907. The summed E-state index contributed by atoms with van der Waals surface area (Å²) in [5.74, 6) is 0.183. The number of ether oxygens (including phenoxy) is 4. The van der Waals surface area contributed by atoms with E-state index in [1.54, 1.807) is 0 Å². The standard InChI is InChI=1S/C43H75N3O8/c1-5-6-7-8-9-10-25-51-37(47)18-15-29(2)32-16-17-33-41-34(28-36(43(32,33)4)54-39(49)14-12-23-45)42(3)21-19-31(52-38(48)13-11-22-44)26-30(42)27-35(41)53-40(50)20-24-46/h29-36,41H,5-28,44-46H2,1-4H3/t29?,30-,31+,32?,33-,34-,35+,36-,41-,42-,43+/m0/s1. The highest BCUT2D eigenvalue weighted by Gasteiger charge is 2.67. The Hall–Kier alpha value is -2.24. The molecule has 11 heteroatoms. The van der Waals surface area contributed by atoms with Crippen LogP contribution in [-0.2, 0) is 38.1 Å². The molecule has 54 heavy (non-hydrogen) atoms. The van der Waals surface area contributed by atoms with Crippen LogP contribution in [0.2, 0.25) is 0 Å². The van der Waals surface area contributed by atoms with Crippen molar-refractivity contribution in [1.29, 1.82) is 0 Å². The molecule has 310 valence electrons. The Bertz CT molecular complexity index is 1220. The molecule has 11 atom stereocenters. The summed E-state index contributed by atoms with van der Waals surface area (Å²) in [4.78, 5) is 52.1. The molecule has 0 bridgehead atoms. The molecule has 0 aliphatic heterocycles. The molecule has 0 amide bonds. The van der Waals surface area contributed by atoms with Crippen LogP contribution in [0, 0.1) is 46.3 Å². The molecular weight excluding hydrogens is 686 g/mol. The number of nitrogens with two attached hydrogens (primary N) is 3. The number of rotatable bonds is 22. The first kappa shape index (κ1) is 44.5. The van der Waals surface area contributed by atoms with Crippen LogP contribution >= 0.6 is 0 Å². The SMILES string of the molecule is CCCCCCCCOC(=O)CCC(C)C1CC[C@H]2[C@@H]3[C@H](OC(=O)CCN)C[C@@H]4C[C@H](OC(=O)CCCN)CC[C@]4(C)[C@H]3C[C@H](OC(=O)CCCN)[C@]12C. The van der Waals surface area contributed by atoms with Crippen LogP contribution in [0.25, 0.3) is 0 Å². The van der Waals surface area contributed by atoms with Crippen molar-refractivity contribution in [2.75, 3.05) is 26.2 Å². The third kappa shape index (κ3) is 11.0. The number of carbonyl (C=O) groups is 4. The van der Waals surface area contributed by atoms with E-state index < -0.39 is 0 Å². The lowest BCUT2D eigenvalue weighted by molar-refractivity contribution is -0.225. The van der Waals surface area contributed by atoms with E-state index in [4.69, 9.17) is 36.1 Å². The van der Waals surface area contributed by atoms with Gasteiger partial charge < -0.3 is 36.1 Å². The van der Waals surface area contributed by atoms with Crippen molar-refractivity contribution in [3.63, 3.8) is 0 Å². The van der Waals surface area contributed by atoms with E-state index in [9.17, 15) is 19.2 Å². The highest BCUT2D eigenvalue weighted by Crippen LogP contribution is 2.69. The molecule has 0 aromatic carbocycles. The normalized spacial score (nSPS) is 33.5. The van der Waals surface area contributed by atoms with Crippen molar-refractivity contribution >= 4 is 23.9 Å². The zero-order valence-corrected chi connectivity index (χ0v) is 34.2. The van der Waals surface area contributed by atoms with E-state index in [1.807, 2.05) is 0 Å². The molecule has 2 unspecified atom stereocenters. The molecule has 0 aromatic heterocycles. The van der Waals surface area contributed by atoms with E-state index >= 15 is 0 Å².